The van der Waals surface area contributed by atoms with Gasteiger partial charge in [-0.2, -0.15) is 0 Å². The second kappa shape index (κ2) is 5.83. The van der Waals surface area contributed by atoms with Crippen LogP contribution in [-0.2, 0) is 11.2 Å². The first kappa shape index (κ1) is 13.4. The number of fused-ring (bicyclic) bond motifs is 1. The molecule has 5 heteroatoms. The third-order valence-corrected chi connectivity index (χ3v) is 3.24. The minimum atomic E-state index is -0.355. The van der Waals surface area contributed by atoms with Crippen LogP contribution in [0.25, 0.3) is 0 Å². The molecule has 0 atom stereocenters. The maximum atomic E-state index is 11.5. The summed E-state index contributed by atoms with van der Waals surface area (Å²) in [5.74, 6) is 1.28. The average Bonchev–Trinajstić information content (AvgIpc) is 2.96. The van der Waals surface area contributed by atoms with E-state index in [2.05, 4.69) is 16.4 Å². The second-order valence-corrected chi connectivity index (χ2v) is 4.70. The number of pyridine rings is 1. The van der Waals surface area contributed by atoms with Gasteiger partial charge in [-0.3, -0.25) is 0 Å². The molecule has 108 valence electrons. The molecule has 0 spiro atoms. The van der Waals surface area contributed by atoms with Gasteiger partial charge >= 0.3 is 5.97 Å². The molecule has 0 unspecified atom stereocenters. The Labute approximate surface area is 122 Å². The number of ether oxygens (including phenoxy) is 2. The summed E-state index contributed by atoms with van der Waals surface area (Å²) in [4.78, 5) is 15.8. The van der Waals surface area contributed by atoms with Crippen molar-refractivity contribution < 1.29 is 14.3 Å². The van der Waals surface area contributed by atoms with Crippen molar-refractivity contribution >= 4 is 17.5 Å². The molecule has 0 aliphatic carbocycles. The number of carbonyl (C=O) groups is 1. The topological polar surface area (TPSA) is 60.5 Å². The first-order valence-corrected chi connectivity index (χ1v) is 6.92. The van der Waals surface area contributed by atoms with Crippen LogP contribution in [0.1, 0.15) is 22.8 Å². The van der Waals surface area contributed by atoms with E-state index in [-0.39, 0.29) is 5.97 Å². The molecule has 0 fully saturated rings. The highest BCUT2D eigenvalue weighted by Gasteiger charge is 2.12. The lowest BCUT2D eigenvalue weighted by atomic mass is 10.1. The van der Waals surface area contributed by atoms with Gasteiger partial charge in [-0.1, -0.05) is 0 Å². The van der Waals surface area contributed by atoms with Crippen molar-refractivity contribution in [3.8, 4) is 5.75 Å². The average molecular weight is 284 g/mol. The highest BCUT2D eigenvalue weighted by atomic mass is 16.5. The molecule has 0 saturated carbocycles. The van der Waals surface area contributed by atoms with Crippen molar-refractivity contribution in [3.05, 3.63) is 47.7 Å². The van der Waals surface area contributed by atoms with Crippen molar-refractivity contribution in [2.75, 3.05) is 18.5 Å². The van der Waals surface area contributed by atoms with Crippen LogP contribution in [0, 0.1) is 0 Å². The minimum absolute atomic E-state index is 0.355. The molecule has 5 nitrogen and oxygen atoms in total. The lowest BCUT2D eigenvalue weighted by Crippen LogP contribution is -2.05. The standard InChI is InChI=1S/C16H16N2O3/c1-2-20-16(19)12-3-6-15(17-10-12)18-13-4-5-14-11(9-13)7-8-21-14/h3-6,9-10H,2,7-8H2,1H3,(H,17,18). The molecular formula is C16H16N2O3. The normalized spacial score (nSPS) is 12.4. The molecule has 2 heterocycles. The first-order chi connectivity index (χ1) is 10.3. The highest BCUT2D eigenvalue weighted by Crippen LogP contribution is 2.28. The van der Waals surface area contributed by atoms with Crippen molar-refractivity contribution in [3.63, 3.8) is 0 Å². The maximum Gasteiger partial charge on any atom is 0.339 e. The molecule has 1 aromatic carbocycles. The molecule has 0 amide bonds. The Bertz CT molecular complexity index is 653. The zero-order valence-electron chi connectivity index (χ0n) is 11.8. The van der Waals surface area contributed by atoms with Gasteiger partial charge in [0, 0.05) is 18.3 Å². The summed E-state index contributed by atoms with van der Waals surface area (Å²) < 4.78 is 10.4. The lowest BCUT2D eigenvalue weighted by Gasteiger charge is -2.08. The van der Waals surface area contributed by atoms with Gasteiger partial charge in [0.15, 0.2) is 0 Å². The first-order valence-electron chi connectivity index (χ1n) is 6.92. The summed E-state index contributed by atoms with van der Waals surface area (Å²) >= 11 is 0. The van der Waals surface area contributed by atoms with E-state index in [1.165, 1.54) is 11.8 Å². The van der Waals surface area contributed by atoms with Gasteiger partial charge in [0.1, 0.15) is 11.6 Å². The minimum Gasteiger partial charge on any atom is -0.493 e. The van der Waals surface area contributed by atoms with Crippen LogP contribution in [0.4, 0.5) is 11.5 Å². The lowest BCUT2D eigenvalue weighted by molar-refractivity contribution is 0.0526. The number of hydrogen-bond acceptors (Lipinski definition) is 5. The maximum absolute atomic E-state index is 11.5. The SMILES string of the molecule is CCOC(=O)c1ccc(Nc2ccc3c(c2)CCO3)nc1. The number of anilines is 2. The van der Waals surface area contributed by atoms with Crippen LogP contribution < -0.4 is 10.1 Å². The smallest absolute Gasteiger partial charge is 0.339 e. The molecule has 0 saturated heterocycles. The van der Waals surface area contributed by atoms with Gasteiger partial charge in [0.05, 0.1) is 18.8 Å². The van der Waals surface area contributed by atoms with Gasteiger partial charge in [0.2, 0.25) is 0 Å². The van der Waals surface area contributed by atoms with Gasteiger partial charge in [-0.05, 0) is 42.8 Å². The van der Waals surface area contributed by atoms with E-state index < -0.39 is 0 Å². The van der Waals surface area contributed by atoms with E-state index in [1.54, 1.807) is 19.1 Å². The number of esters is 1. The summed E-state index contributed by atoms with van der Waals surface area (Å²) in [6.45, 7) is 2.88. The fraction of sp³-hybridized carbons (Fsp3) is 0.250. The summed E-state index contributed by atoms with van der Waals surface area (Å²) in [7, 11) is 0. The van der Waals surface area contributed by atoms with Gasteiger partial charge in [-0.15, -0.1) is 0 Å². The van der Waals surface area contributed by atoms with Crippen LogP contribution in [0.15, 0.2) is 36.5 Å². The van der Waals surface area contributed by atoms with Crippen LogP contribution in [0.2, 0.25) is 0 Å². The molecule has 2 aromatic rings. The number of nitrogens with zero attached hydrogens (tertiary/aromatic N) is 1. The Morgan fingerprint density at radius 2 is 2.29 bits per heavy atom. The van der Waals surface area contributed by atoms with Crippen molar-refractivity contribution in [2.45, 2.75) is 13.3 Å². The Kier molecular flexibility index (Phi) is 3.73. The van der Waals surface area contributed by atoms with Crippen LogP contribution in [0.3, 0.4) is 0 Å². The zero-order valence-corrected chi connectivity index (χ0v) is 11.8. The van der Waals surface area contributed by atoms with Gasteiger partial charge in [-0.25, -0.2) is 9.78 Å². The Morgan fingerprint density at radius 3 is 3.05 bits per heavy atom. The van der Waals surface area contributed by atoms with Crippen LogP contribution >= 0.6 is 0 Å². The number of carbonyl (C=O) groups excluding carboxylic acids is 1. The second-order valence-electron chi connectivity index (χ2n) is 4.70. The van der Waals surface area contributed by atoms with E-state index in [9.17, 15) is 4.79 Å². The van der Waals surface area contributed by atoms with E-state index in [1.807, 2.05) is 12.1 Å². The Balaban J connectivity index is 1.72. The summed E-state index contributed by atoms with van der Waals surface area (Å²) in [5, 5.41) is 3.21. The van der Waals surface area contributed by atoms with E-state index >= 15 is 0 Å². The molecule has 0 radical (unpaired) electrons. The van der Waals surface area contributed by atoms with Crippen molar-refractivity contribution in [1.29, 1.82) is 0 Å². The number of hydrogen-bond donors (Lipinski definition) is 1. The molecule has 1 aliphatic heterocycles. The summed E-state index contributed by atoms with van der Waals surface area (Å²) in [6, 6.07) is 9.42. The predicted octanol–water partition coefficient (Wildman–Crippen LogP) is 2.94. The van der Waals surface area contributed by atoms with Gasteiger partial charge < -0.3 is 14.8 Å². The highest BCUT2D eigenvalue weighted by molar-refractivity contribution is 5.89. The fourth-order valence-electron chi connectivity index (χ4n) is 2.22. The molecule has 3 rings (SSSR count). The Morgan fingerprint density at radius 1 is 1.38 bits per heavy atom. The predicted molar refractivity (Wildman–Crippen MR) is 79.1 cm³/mol. The van der Waals surface area contributed by atoms with Crippen LogP contribution in [0.5, 0.6) is 5.75 Å². The van der Waals surface area contributed by atoms with Crippen LogP contribution in [-0.4, -0.2) is 24.2 Å². The fourth-order valence-corrected chi connectivity index (χ4v) is 2.22. The largest absolute Gasteiger partial charge is 0.493 e. The van der Waals surface area contributed by atoms with Crippen molar-refractivity contribution in [1.82, 2.24) is 4.98 Å². The molecule has 1 aliphatic rings. The molecule has 21 heavy (non-hydrogen) atoms. The molecule has 1 aromatic heterocycles. The molecule has 1 N–H and O–H groups in total. The molecule has 0 bridgehead atoms. The number of benzene rings is 1. The van der Waals surface area contributed by atoms with E-state index in [4.69, 9.17) is 9.47 Å². The zero-order chi connectivity index (χ0) is 14.7. The van der Waals surface area contributed by atoms with E-state index in [0.717, 1.165) is 24.5 Å². The van der Waals surface area contributed by atoms with E-state index in [0.29, 0.717) is 18.0 Å². The third-order valence-electron chi connectivity index (χ3n) is 3.24. The number of aromatic nitrogens is 1. The summed E-state index contributed by atoms with van der Waals surface area (Å²) in [5.41, 5.74) is 2.60. The number of nitrogens with one attached hydrogen (secondary N) is 1. The van der Waals surface area contributed by atoms with Crippen molar-refractivity contribution in [2.24, 2.45) is 0 Å². The quantitative estimate of drug-likeness (QED) is 0.875. The summed E-state index contributed by atoms with van der Waals surface area (Å²) in [6.07, 6.45) is 2.44. The molecular weight excluding hydrogens is 268 g/mol. The monoisotopic (exact) mass is 284 g/mol. The Hall–Kier alpha value is -2.56. The number of rotatable bonds is 4. The van der Waals surface area contributed by atoms with Gasteiger partial charge in [0.25, 0.3) is 0 Å². The third kappa shape index (κ3) is 2.97.